The van der Waals surface area contributed by atoms with E-state index in [1.165, 1.54) is 5.57 Å². The Hall–Kier alpha value is -2.48. The van der Waals surface area contributed by atoms with Crippen molar-refractivity contribution < 1.29 is 14.0 Å². The summed E-state index contributed by atoms with van der Waals surface area (Å²) in [4.78, 5) is 36.2. The average molecular weight is 543 g/mol. The zero-order valence-corrected chi connectivity index (χ0v) is 25.7. The molecule has 5 heteroatoms. The molecule has 0 spiro atoms. The Morgan fingerprint density at radius 2 is 1.73 bits per heavy atom. The molecule has 6 rings (SSSR count). The van der Waals surface area contributed by atoms with Crippen LogP contribution in [-0.2, 0) is 16.0 Å². The number of Topliss-reactive ketones (excluding diaryl/α,β-unsaturated/α-hetero) is 1. The van der Waals surface area contributed by atoms with E-state index in [4.69, 9.17) is 11.0 Å². The Morgan fingerprint density at radius 3 is 2.38 bits per heavy atom. The number of carbonyl (C=O) groups is 2. The fourth-order valence-corrected chi connectivity index (χ4v) is 10.8. The lowest BCUT2D eigenvalue weighted by Gasteiger charge is -2.69. The summed E-state index contributed by atoms with van der Waals surface area (Å²) in [7, 11) is 0. The van der Waals surface area contributed by atoms with Gasteiger partial charge in [0.15, 0.2) is 17.5 Å². The van der Waals surface area contributed by atoms with Crippen LogP contribution in [-0.4, -0.2) is 16.6 Å². The van der Waals surface area contributed by atoms with Crippen LogP contribution in [0.4, 0.5) is 0 Å². The summed E-state index contributed by atoms with van der Waals surface area (Å²) in [5.74, 6) is 2.18. The van der Waals surface area contributed by atoms with Gasteiger partial charge in [0.05, 0.1) is 12.8 Å². The average Bonchev–Trinajstić information content (AvgIpc) is 3.27. The van der Waals surface area contributed by atoms with E-state index in [2.05, 4.69) is 44.4 Å². The Balaban J connectivity index is 1.50. The number of ketones is 2. The van der Waals surface area contributed by atoms with E-state index in [-0.39, 0.29) is 56.7 Å². The second kappa shape index (κ2) is 8.30. The maximum Gasteiger partial charge on any atom is 0.226 e. The van der Waals surface area contributed by atoms with Crippen molar-refractivity contribution in [1.82, 2.24) is 4.98 Å². The predicted octanol–water partition coefficient (Wildman–Crippen LogP) is 8.10. The molecule has 3 saturated carbocycles. The van der Waals surface area contributed by atoms with Crippen molar-refractivity contribution in [1.29, 1.82) is 0 Å². The minimum atomic E-state index is -0.629. The van der Waals surface area contributed by atoms with Crippen molar-refractivity contribution in [2.24, 2.45) is 50.2 Å². The van der Waals surface area contributed by atoms with Crippen molar-refractivity contribution in [3.63, 3.8) is 0 Å². The van der Waals surface area contributed by atoms with E-state index in [1.54, 1.807) is 0 Å². The number of aryl methyl sites for hydroxylation is 1. The van der Waals surface area contributed by atoms with E-state index in [0.29, 0.717) is 0 Å². The van der Waals surface area contributed by atoms with Gasteiger partial charge in [-0.2, -0.15) is 0 Å². The second-order valence-corrected chi connectivity index (χ2v) is 16.1. The minimum absolute atomic E-state index is 0.0197. The van der Waals surface area contributed by atoms with E-state index >= 15 is 0 Å². The zero-order chi connectivity index (χ0) is 29.1. The van der Waals surface area contributed by atoms with E-state index in [9.17, 15) is 9.59 Å². The number of oxazole rings is 1. The summed E-state index contributed by atoms with van der Waals surface area (Å²) in [6.45, 7) is 25.5. The number of aromatic nitrogens is 1. The Morgan fingerprint density at radius 1 is 1.02 bits per heavy atom. The molecule has 1 aromatic rings. The van der Waals surface area contributed by atoms with Gasteiger partial charge < -0.3 is 9.21 Å². The lowest BCUT2D eigenvalue weighted by molar-refractivity contribution is -0.172. The number of hydrogen-bond donors (Lipinski definition) is 0. The van der Waals surface area contributed by atoms with Crippen LogP contribution in [0.25, 0.3) is 4.85 Å². The third-order valence-corrected chi connectivity index (χ3v) is 13.2. The number of carbonyl (C=O) groups excluding carboxylic acids is 2. The van der Waals surface area contributed by atoms with Gasteiger partial charge in [-0.1, -0.05) is 60.1 Å². The van der Waals surface area contributed by atoms with Gasteiger partial charge in [0, 0.05) is 23.2 Å². The van der Waals surface area contributed by atoms with Crippen molar-refractivity contribution in [2.45, 2.75) is 107 Å². The molecule has 0 aromatic carbocycles. The number of nitrogens with zero attached hydrogens (tertiary/aromatic N) is 2. The van der Waals surface area contributed by atoms with Crippen molar-refractivity contribution in [3.8, 4) is 0 Å². The molecule has 0 aliphatic heterocycles. The highest BCUT2D eigenvalue weighted by atomic mass is 16.4. The molecule has 5 aliphatic rings. The third-order valence-electron chi connectivity index (χ3n) is 13.2. The lowest BCUT2D eigenvalue weighted by atomic mass is 9.34. The highest BCUT2D eigenvalue weighted by Gasteiger charge is 2.69. The van der Waals surface area contributed by atoms with Crippen LogP contribution < -0.4 is 0 Å². The van der Waals surface area contributed by atoms with Crippen LogP contribution in [0.1, 0.15) is 105 Å². The monoisotopic (exact) mass is 542 g/mol. The molecular weight excluding hydrogens is 496 g/mol. The second-order valence-electron chi connectivity index (χ2n) is 16.1. The molecule has 0 radical (unpaired) electrons. The maximum atomic E-state index is 14.6. The number of hydrogen-bond acceptors (Lipinski definition) is 4. The molecule has 0 saturated heterocycles. The number of fused-ring (bicyclic) bond motifs is 7. The Kier molecular flexibility index (Phi) is 5.74. The van der Waals surface area contributed by atoms with Gasteiger partial charge in [-0.15, -0.1) is 0 Å². The van der Waals surface area contributed by atoms with Crippen LogP contribution in [0.15, 0.2) is 34.0 Å². The quantitative estimate of drug-likeness (QED) is 0.354. The molecule has 3 fully saturated rings. The number of allylic oxidation sites excluding steroid dienone is 4. The summed E-state index contributed by atoms with van der Waals surface area (Å²) >= 11 is 0. The van der Waals surface area contributed by atoms with Gasteiger partial charge in [0.2, 0.25) is 5.70 Å². The summed E-state index contributed by atoms with van der Waals surface area (Å²) in [5, 5.41) is 0. The molecule has 7 atom stereocenters. The van der Waals surface area contributed by atoms with E-state index in [1.807, 2.05) is 39.1 Å². The SMILES string of the molecule is [C-]#[N+]C1=C[C@]2(C)C3=CC(=O)[C@@H]4[C@@H]5CC(C)(C)CC[C@]5(Cc5ncc(C)o5)CC[C@@]4(C)[C@]3(C)CC[C@H]2C(C)(C)C1=O. The van der Waals surface area contributed by atoms with Crippen LogP contribution in [0.5, 0.6) is 0 Å². The molecule has 5 nitrogen and oxygen atoms in total. The molecule has 0 N–H and O–H groups in total. The topological polar surface area (TPSA) is 64.5 Å². The highest BCUT2D eigenvalue weighted by Crippen LogP contribution is 2.74. The first kappa shape index (κ1) is 27.7. The van der Waals surface area contributed by atoms with E-state index < -0.39 is 10.8 Å². The minimum Gasteiger partial charge on any atom is -0.446 e. The summed E-state index contributed by atoms with van der Waals surface area (Å²) in [5.41, 5.74) is 0.150. The number of rotatable bonds is 2. The molecule has 1 heterocycles. The van der Waals surface area contributed by atoms with Gasteiger partial charge in [-0.25, -0.2) is 9.83 Å². The zero-order valence-electron chi connectivity index (χ0n) is 25.7. The van der Waals surface area contributed by atoms with Crippen LogP contribution >= 0.6 is 0 Å². The standard InChI is InChI=1S/C35H46N2O3/c1-21-20-37-27(40-21)19-35-14-12-30(2,3)17-22(35)28-24(38)16-26-32(6)18-23(36-9)29(39)31(4,5)25(32)10-11-33(26,7)34(28,8)13-15-35/h16,18,20,22,25,28H,10-15,17,19H2,1-8H3/t22-,25-,28-,32-,33+,34+,35+/m0/s1. The summed E-state index contributed by atoms with van der Waals surface area (Å²) in [6.07, 6.45) is 13.9. The fourth-order valence-electron chi connectivity index (χ4n) is 10.8. The first-order chi connectivity index (χ1) is 18.5. The molecule has 0 amide bonds. The van der Waals surface area contributed by atoms with Gasteiger partial charge in [-0.3, -0.25) is 4.79 Å². The first-order valence-electron chi connectivity index (χ1n) is 15.4. The fraction of sp³-hybridized carbons (Fsp3) is 0.714. The molecule has 1 aromatic heterocycles. The molecule has 0 bridgehead atoms. The van der Waals surface area contributed by atoms with Crippen molar-refractivity contribution >= 4 is 11.6 Å². The van der Waals surface area contributed by atoms with E-state index in [0.717, 1.165) is 63.0 Å². The van der Waals surface area contributed by atoms with Gasteiger partial charge >= 0.3 is 0 Å². The van der Waals surface area contributed by atoms with Gasteiger partial charge in [0.25, 0.3) is 0 Å². The lowest BCUT2D eigenvalue weighted by Crippen LogP contribution is -2.65. The summed E-state index contributed by atoms with van der Waals surface area (Å²) in [6, 6.07) is 0. The molecular formula is C35H46N2O3. The maximum absolute atomic E-state index is 14.6. The van der Waals surface area contributed by atoms with Crippen LogP contribution in [0.2, 0.25) is 0 Å². The normalized spacial score (nSPS) is 43.3. The van der Waals surface area contributed by atoms with Crippen molar-refractivity contribution in [2.75, 3.05) is 0 Å². The Labute approximate surface area is 240 Å². The Bertz CT molecular complexity index is 1400. The highest BCUT2D eigenvalue weighted by molar-refractivity contribution is 6.03. The van der Waals surface area contributed by atoms with Crippen LogP contribution in [0.3, 0.4) is 0 Å². The summed E-state index contributed by atoms with van der Waals surface area (Å²) < 4.78 is 6.03. The predicted molar refractivity (Wildman–Crippen MR) is 155 cm³/mol. The first-order valence-corrected chi connectivity index (χ1v) is 15.4. The largest absolute Gasteiger partial charge is 0.446 e. The third kappa shape index (κ3) is 3.47. The van der Waals surface area contributed by atoms with Gasteiger partial charge in [-0.05, 0) is 91.4 Å². The molecule has 40 heavy (non-hydrogen) atoms. The van der Waals surface area contributed by atoms with Gasteiger partial charge in [0.1, 0.15) is 5.76 Å². The smallest absolute Gasteiger partial charge is 0.226 e. The van der Waals surface area contributed by atoms with Crippen LogP contribution in [0, 0.1) is 63.7 Å². The molecule has 214 valence electrons. The molecule has 5 aliphatic carbocycles. The molecule has 0 unspecified atom stereocenters. The van der Waals surface area contributed by atoms with Crippen molar-refractivity contribution in [3.05, 3.63) is 52.7 Å².